The van der Waals surface area contributed by atoms with Gasteiger partial charge in [0.2, 0.25) is 0 Å². The maximum Gasteiger partial charge on any atom is 0.303 e. The third-order valence-electron chi connectivity index (χ3n) is 3.60. The topological polar surface area (TPSA) is 66.3 Å². The molecule has 0 atom stereocenters. The van der Waals surface area contributed by atoms with Crippen molar-refractivity contribution in [3.05, 3.63) is 17.6 Å². The summed E-state index contributed by atoms with van der Waals surface area (Å²) in [5.74, 6) is 0.243. The van der Waals surface area contributed by atoms with Gasteiger partial charge in [0.15, 0.2) is 0 Å². The predicted molar refractivity (Wildman–Crippen MR) is 73.4 cm³/mol. The maximum atomic E-state index is 10.6. The second kappa shape index (κ2) is 6.50. The van der Waals surface area contributed by atoms with Crippen molar-refractivity contribution in [2.75, 3.05) is 18.5 Å². The highest BCUT2D eigenvalue weighted by atomic mass is 16.4. The fraction of sp³-hybridized carbons (Fsp3) is 0.643. The second-order valence-electron chi connectivity index (χ2n) is 5.10. The van der Waals surface area contributed by atoms with Crippen molar-refractivity contribution in [3.63, 3.8) is 0 Å². The summed E-state index contributed by atoms with van der Waals surface area (Å²) in [6, 6.07) is 0. The van der Waals surface area contributed by atoms with Crippen LogP contribution in [0.5, 0.6) is 0 Å². The fourth-order valence-electron chi connectivity index (χ4n) is 2.58. The molecule has 0 radical (unpaired) electrons. The molecule has 2 rings (SSSR count). The van der Waals surface area contributed by atoms with Gasteiger partial charge in [-0.2, -0.15) is 0 Å². The first kappa shape index (κ1) is 13.8. The van der Waals surface area contributed by atoms with Crippen LogP contribution in [0.4, 0.5) is 5.82 Å². The first-order valence-electron chi connectivity index (χ1n) is 6.94. The van der Waals surface area contributed by atoms with E-state index in [1.54, 1.807) is 6.33 Å². The van der Waals surface area contributed by atoms with Gasteiger partial charge in [-0.05, 0) is 32.1 Å². The number of carboxylic acid groups (broad SMARTS) is 1. The zero-order valence-electron chi connectivity index (χ0n) is 11.4. The standard InChI is InChI=1S/C14H21N3O2/c1-17(9-5-8-13(18)19)14-11-6-3-2-4-7-12(11)15-10-16-14/h10H,2-9H2,1H3,(H,18,19). The number of fused-ring (bicyclic) bond motifs is 1. The summed E-state index contributed by atoms with van der Waals surface area (Å²) in [6.45, 7) is 0.718. The van der Waals surface area contributed by atoms with E-state index >= 15 is 0 Å². The number of hydrogen-bond acceptors (Lipinski definition) is 4. The van der Waals surface area contributed by atoms with Crippen LogP contribution in [0.2, 0.25) is 0 Å². The van der Waals surface area contributed by atoms with Gasteiger partial charge >= 0.3 is 5.97 Å². The number of aryl methyl sites for hydroxylation is 1. The minimum atomic E-state index is -0.741. The van der Waals surface area contributed by atoms with Crippen LogP contribution in [0.1, 0.15) is 43.4 Å². The molecule has 0 saturated carbocycles. The number of rotatable bonds is 5. The lowest BCUT2D eigenvalue weighted by atomic mass is 10.1. The molecule has 5 heteroatoms. The molecule has 0 aromatic carbocycles. The number of anilines is 1. The van der Waals surface area contributed by atoms with E-state index in [0.717, 1.165) is 25.2 Å². The Balaban J connectivity index is 2.08. The van der Waals surface area contributed by atoms with Crippen LogP contribution in [0.3, 0.4) is 0 Å². The Morgan fingerprint density at radius 1 is 1.32 bits per heavy atom. The molecule has 1 aromatic rings. The van der Waals surface area contributed by atoms with Crippen LogP contribution in [0.25, 0.3) is 0 Å². The van der Waals surface area contributed by atoms with Crippen LogP contribution < -0.4 is 4.90 Å². The molecular weight excluding hydrogens is 242 g/mol. The molecule has 0 spiro atoms. The Morgan fingerprint density at radius 3 is 2.89 bits per heavy atom. The molecule has 0 amide bonds. The molecule has 1 aliphatic rings. The Morgan fingerprint density at radius 2 is 2.11 bits per heavy atom. The molecule has 1 aliphatic carbocycles. The Labute approximate surface area is 113 Å². The van der Waals surface area contributed by atoms with Crippen LogP contribution in [0.15, 0.2) is 6.33 Å². The van der Waals surface area contributed by atoms with Crippen molar-refractivity contribution in [3.8, 4) is 0 Å². The molecule has 1 heterocycles. The van der Waals surface area contributed by atoms with Crippen molar-refractivity contribution < 1.29 is 9.90 Å². The van der Waals surface area contributed by atoms with Gasteiger partial charge in [0, 0.05) is 31.3 Å². The molecule has 0 bridgehead atoms. The minimum absolute atomic E-state index is 0.206. The Bertz CT molecular complexity index is 448. The summed E-state index contributed by atoms with van der Waals surface area (Å²) in [7, 11) is 1.98. The third-order valence-corrected chi connectivity index (χ3v) is 3.60. The minimum Gasteiger partial charge on any atom is -0.481 e. The van der Waals surface area contributed by atoms with Crippen molar-refractivity contribution >= 4 is 11.8 Å². The second-order valence-corrected chi connectivity index (χ2v) is 5.10. The first-order valence-corrected chi connectivity index (χ1v) is 6.94. The average Bonchev–Trinajstić information content (AvgIpc) is 2.62. The van der Waals surface area contributed by atoms with Gasteiger partial charge in [0.25, 0.3) is 0 Å². The predicted octanol–water partition coefficient (Wildman–Crippen LogP) is 2.05. The molecule has 0 unspecified atom stereocenters. The largest absolute Gasteiger partial charge is 0.481 e. The first-order chi connectivity index (χ1) is 9.18. The van der Waals surface area contributed by atoms with Crippen molar-refractivity contribution in [1.82, 2.24) is 9.97 Å². The lowest BCUT2D eigenvalue weighted by Gasteiger charge is -2.21. The molecular formula is C14H21N3O2. The summed E-state index contributed by atoms with van der Waals surface area (Å²) in [5, 5.41) is 8.68. The summed E-state index contributed by atoms with van der Waals surface area (Å²) >= 11 is 0. The van der Waals surface area contributed by atoms with Gasteiger partial charge in [-0.3, -0.25) is 4.79 Å². The van der Waals surface area contributed by atoms with Crippen molar-refractivity contribution in [2.45, 2.75) is 44.9 Å². The number of carbonyl (C=O) groups is 1. The fourth-order valence-corrected chi connectivity index (χ4v) is 2.58. The Kier molecular flexibility index (Phi) is 4.71. The monoisotopic (exact) mass is 263 g/mol. The smallest absolute Gasteiger partial charge is 0.303 e. The highest BCUT2D eigenvalue weighted by Crippen LogP contribution is 2.25. The molecule has 1 aromatic heterocycles. The summed E-state index contributed by atoms with van der Waals surface area (Å²) in [6.07, 6.45) is 8.19. The molecule has 19 heavy (non-hydrogen) atoms. The van der Waals surface area contributed by atoms with E-state index in [4.69, 9.17) is 5.11 Å². The van der Waals surface area contributed by atoms with Crippen LogP contribution >= 0.6 is 0 Å². The molecule has 0 aliphatic heterocycles. The number of carboxylic acids is 1. The van der Waals surface area contributed by atoms with E-state index in [2.05, 4.69) is 14.9 Å². The average molecular weight is 263 g/mol. The van der Waals surface area contributed by atoms with E-state index in [1.165, 1.54) is 30.5 Å². The van der Waals surface area contributed by atoms with E-state index in [9.17, 15) is 4.79 Å². The summed E-state index contributed by atoms with van der Waals surface area (Å²) < 4.78 is 0. The van der Waals surface area contributed by atoms with E-state index in [0.29, 0.717) is 6.42 Å². The van der Waals surface area contributed by atoms with Crippen molar-refractivity contribution in [1.29, 1.82) is 0 Å². The Hall–Kier alpha value is -1.65. The highest BCUT2D eigenvalue weighted by Gasteiger charge is 2.16. The number of aliphatic carboxylic acids is 1. The SMILES string of the molecule is CN(CCCC(=O)O)c1ncnc2c1CCCCC2. The van der Waals surface area contributed by atoms with Crippen LogP contribution in [0, 0.1) is 0 Å². The molecule has 0 saturated heterocycles. The lowest BCUT2D eigenvalue weighted by molar-refractivity contribution is -0.137. The quantitative estimate of drug-likeness (QED) is 0.823. The number of aromatic nitrogens is 2. The van der Waals surface area contributed by atoms with Crippen LogP contribution in [-0.2, 0) is 17.6 Å². The van der Waals surface area contributed by atoms with Gasteiger partial charge in [0.1, 0.15) is 12.1 Å². The van der Waals surface area contributed by atoms with Gasteiger partial charge in [-0.25, -0.2) is 9.97 Å². The van der Waals surface area contributed by atoms with Gasteiger partial charge in [0.05, 0.1) is 0 Å². The number of hydrogen-bond donors (Lipinski definition) is 1. The van der Waals surface area contributed by atoms with Gasteiger partial charge in [-0.1, -0.05) is 6.42 Å². The summed E-state index contributed by atoms with van der Waals surface area (Å²) in [5.41, 5.74) is 2.44. The van der Waals surface area contributed by atoms with Crippen LogP contribution in [-0.4, -0.2) is 34.6 Å². The van der Waals surface area contributed by atoms with E-state index in [1.807, 2.05) is 7.05 Å². The normalized spacial score (nSPS) is 14.6. The third kappa shape index (κ3) is 3.66. The zero-order chi connectivity index (χ0) is 13.7. The van der Waals surface area contributed by atoms with Crippen molar-refractivity contribution in [2.24, 2.45) is 0 Å². The number of nitrogens with zero attached hydrogens (tertiary/aromatic N) is 3. The molecule has 0 fully saturated rings. The maximum absolute atomic E-state index is 10.6. The van der Waals surface area contributed by atoms with E-state index < -0.39 is 5.97 Å². The van der Waals surface area contributed by atoms with Gasteiger partial charge < -0.3 is 10.0 Å². The molecule has 104 valence electrons. The van der Waals surface area contributed by atoms with E-state index in [-0.39, 0.29) is 6.42 Å². The zero-order valence-corrected chi connectivity index (χ0v) is 11.4. The summed E-state index contributed by atoms with van der Waals surface area (Å²) in [4.78, 5) is 21.4. The molecule has 5 nitrogen and oxygen atoms in total. The molecule has 1 N–H and O–H groups in total. The highest BCUT2D eigenvalue weighted by molar-refractivity contribution is 5.66. The lowest BCUT2D eigenvalue weighted by Crippen LogP contribution is -2.22. The van der Waals surface area contributed by atoms with Gasteiger partial charge in [-0.15, -0.1) is 0 Å².